The van der Waals surface area contributed by atoms with Gasteiger partial charge in [-0.1, -0.05) is 30.3 Å². The first-order valence-electron chi connectivity index (χ1n) is 8.82. The summed E-state index contributed by atoms with van der Waals surface area (Å²) in [6.45, 7) is 0.553. The largest absolute Gasteiger partial charge is 0.479 e. The van der Waals surface area contributed by atoms with Crippen molar-refractivity contribution in [3.05, 3.63) is 35.9 Å². The maximum atomic E-state index is 12.8. The number of benzene rings is 1. The van der Waals surface area contributed by atoms with Crippen molar-refractivity contribution in [3.8, 4) is 0 Å². The summed E-state index contributed by atoms with van der Waals surface area (Å²) in [5.41, 5.74) is 4.64. The van der Waals surface area contributed by atoms with Crippen LogP contribution >= 0.6 is 23.5 Å². The SMILES string of the molecule is NC(C(=O)NC1(C(=O)O)C(=O)N2CC3(CCSCC3)S[C@H]21)c1ccccc1. The topological polar surface area (TPSA) is 113 Å². The fraction of sp³-hybridized carbons (Fsp3) is 0.500. The number of nitrogens with two attached hydrogens (primary N) is 1. The molecule has 3 aliphatic rings. The average Bonchev–Trinajstić information content (AvgIpc) is 3.02. The molecule has 3 aliphatic heterocycles. The number of amides is 2. The highest BCUT2D eigenvalue weighted by atomic mass is 32.2. The van der Waals surface area contributed by atoms with Gasteiger partial charge in [-0.3, -0.25) is 9.59 Å². The highest BCUT2D eigenvalue weighted by molar-refractivity contribution is 8.02. The fourth-order valence-corrected chi connectivity index (χ4v) is 7.36. The van der Waals surface area contributed by atoms with E-state index >= 15 is 0 Å². The number of β-lactam (4-membered cyclic amide) rings is 1. The third kappa shape index (κ3) is 2.83. The van der Waals surface area contributed by atoms with E-state index < -0.39 is 34.7 Å². The molecule has 0 bridgehead atoms. The van der Waals surface area contributed by atoms with Crippen LogP contribution < -0.4 is 11.1 Å². The predicted molar refractivity (Wildman–Crippen MR) is 104 cm³/mol. The van der Waals surface area contributed by atoms with Gasteiger partial charge < -0.3 is 21.1 Å². The van der Waals surface area contributed by atoms with Crippen LogP contribution in [0.5, 0.6) is 0 Å². The molecule has 7 nitrogen and oxygen atoms in total. The van der Waals surface area contributed by atoms with Crippen molar-refractivity contribution in [2.24, 2.45) is 5.73 Å². The first-order chi connectivity index (χ1) is 12.9. The Morgan fingerprint density at radius 2 is 1.93 bits per heavy atom. The third-order valence-corrected chi connectivity index (χ3v) is 8.43. The Labute approximate surface area is 165 Å². The predicted octanol–water partition coefficient (Wildman–Crippen LogP) is 0.807. The molecular weight excluding hydrogens is 386 g/mol. The maximum Gasteiger partial charge on any atom is 0.342 e. The lowest BCUT2D eigenvalue weighted by Gasteiger charge is -2.49. The molecule has 3 atom stereocenters. The number of fused-ring (bicyclic) bond motifs is 1. The van der Waals surface area contributed by atoms with Gasteiger partial charge in [0.15, 0.2) is 0 Å². The Kier molecular flexibility index (Phi) is 4.64. The number of hydrogen-bond acceptors (Lipinski definition) is 6. The van der Waals surface area contributed by atoms with Gasteiger partial charge in [-0.2, -0.15) is 11.8 Å². The molecule has 0 aliphatic carbocycles. The lowest BCUT2D eigenvalue weighted by atomic mass is 9.86. The van der Waals surface area contributed by atoms with Crippen LogP contribution in [-0.2, 0) is 14.4 Å². The van der Waals surface area contributed by atoms with E-state index in [-0.39, 0.29) is 4.75 Å². The molecule has 4 N–H and O–H groups in total. The monoisotopic (exact) mass is 407 g/mol. The van der Waals surface area contributed by atoms with E-state index in [1.165, 1.54) is 11.8 Å². The molecule has 2 amide bonds. The summed E-state index contributed by atoms with van der Waals surface area (Å²) in [5.74, 6) is -0.509. The maximum absolute atomic E-state index is 12.8. The number of carboxylic acids is 1. The minimum atomic E-state index is -1.93. The summed E-state index contributed by atoms with van der Waals surface area (Å²) >= 11 is 3.41. The molecule has 2 unspecified atom stereocenters. The van der Waals surface area contributed by atoms with E-state index in [2.05, 4.69) is 5.32 Å². The average molecular weight is 408 g/mol. The second kappa shape index (κ2) is 6.72. The molecule has 3 heterocycles. The Morgan fingerprint density at radius 1 is 1.26 bits per heavy atom. The molecule has 27 heavy (non-hydrogen) atoms. The van der Waals surface area contributed by atoms with Crippen LogP contribution in [0, 0.1) is 0 Å². The van der Waals surface area contributed by atoms with Crippen LogP contribution in [0.2, 0.25) is 0 Å². The quantitative estimate of drug-likeness (QED) is 0.500. The summed E-state index contributed by atoms with van der Waals surface area (Å²) in [6, 6.07) is 7.68. The molecule has 4 rings (SSSR count). The normalized spacial score (nSPS) is 29.7. The molecule has 144 valence electrons. The number of nitrogens with one attached hydrogen (secondary N) is 1. The van der Waals surface area contributed by atoms with E-state index in [1.54, 1.807) is 35.2 Å². The van der Waals surface area contributed by atoms with E-state index in [0.29, 0.717) is 12.1 Å². The van der Waals surface area contributed by atoms with Gasteiger partial charge in [-0.15, -0.1) is 11.8 Å². The van der Waals surface area contributed by atoms with Crippen LogP contribution in [0.25, 0.3) is 0 Å². The van der Waals surface area contributed by atoms with Crippen LogP contribution in [0.4, 0.5) is 0 Å². The Morgan fingerprint density at radius 3 is 2.56 bits per heavy atom. The van der Waals surface area contributed by atoms with Crippen molar-refractivity contribution in [3.63, 3.8) is 0 Å². The zero-order chi connectivity index (χ0) is 19.2. The first kappa shape index (κ1) is 18.6. The third-order valence-electron chi connectivity index (χ3n) is 5.57. The molecule has 1 aromatic rings. The van der Waals surface area contributed by atoms with Gasteiger partial charge >= 0.3 is 5.97 Å². The molecular formula is C18H21N3O4S2. The lowest BCUT2D eigenvalue weighted by molar-refractivity contribution is -0.172. The number of hydrogen-bond donors (Lipinski definition) is 3. The number of thioether (sulfide) groups is 2. The van der Waals surface area contributed by atoms with E-state index in [9.17, 15) is 19.5 Å². The molecule has 1 spiro atoms. The molecule has 9 heteroatoms. The summed E-state index contributed by atoms with van der Waals surface area (Å²) in [7, 11) is 0. The van der Waals surface area contributed by atoms with Gasteiger partial charge in [0.1, 0.15) is 11.4 Å². The van der Waals surface area contributed by atoms with E-state index in [1.807, 2.05) is 11.8 Å². The summed E-state index contributed by atoms with van der Waals surface area (Å²) < 4.78 is -0.102. The van der Waals surface area contributed by atoms with Crippen LogP contribution in [0.3, 0.4) is 0 Å². The van der Waals surface area contributed by atoms with Gasteiger partial charge in [0.05, 0.1) is 0 Å². The Bertz CT molecular complexity index is 784. The molecule has 0 aromatic heterocycles. The van der Waals surface area contributed by atoms with Crippen molar-refractivity contribution < 1.29 is 19.5 Å². The Hall–Kier alpha value is -1.71. The molecule has 3 saturated heterocycles. The van der Waals surface area contributed by atoms with Crippen LogP contribution in [-0.4, -0.2) is 61.5 Å². The summed E-state index contributed by atoms with van der Waals surface area (Å²) in [6.07, 6.45) is 1.88. The summed E-state index contributed by atoms with van der Waals surface area (Å²) in [4.78, 5) is 39.2. The standard InChI is InChI=1S/C18H21N3O4S2/c19-12(11-4-2-1-3-5-11)13(22)20-18(16(24)25)14(23)21-10-17(27-15(18)21)6-8-26-9-7-17/h1-5,12,15H,6-10,19H2,(H,20,22)(H,24,25)/t12?,15-,18?/m0/s1. The van der Waals surface area contributed by atoms with Crippen molar-refractivity contribution >= 4 is 41.3 Å². The zero-order valence-corrected chi connectivity index (χ0v) is 16.2. The first-order valence-corrected chi connectivity index (χ1v) is 10.9. The minimum absolute atomic E-state index is 0.102. The van der Waals surface area contributed by atoms with Gasteiger partial charge in [0.25, 0.3) is 5.91 Å². The number of carbonyl (C=O) groups excluding carboxylic acids is 2. The summed E-state index contributed by atoms with van der Waals surface area (Å²) in [5, 5.41) is 11.8. The van der Waals surface area contributed by atoms with E-state index in [0.717, 1.165) is 24.3 Å². The van der Waals surface area contributed by atoms with Crippen molar-refractivity contribution in [2.75, 3.05) is 18.1 Å². The van der Waals surface area contributed by atoms with Gasteiger partial charge in [0, 0.05) is 11.3 Å². The number of carboxylic acid groups (broad SMARTS) is 1. The number of aliphatic carboxylic acids is 1. The zero-order valence-electron chi connectivity index (χ0n) is 14.6. The Balaban J connectivity index is 1.56. The molecule has 0 radical (unpaired) electrons. The number of rotatable bonds is 4. The molecule has 0 saturated carbocycles. The highest BCUT2D eigenvalue weighted by Crippen LogP contribution is 2.55. The van der Waals surface area contributed by atoms with Crippen LogP contribution in [0.1, 0.15) is 24.4 Å². The van der Waals surface area contributed by atoms with Crippen molar-refractivity contribution in [2.45, 2.75) is 34.5 Å². The second-order valence-electron chi connectivity index (χ2n) is 7.19. The smallest absolute Gasteiger partial charge is 0.342 e. The molecule has 3 fully saturated rings. The van der Waals surface area contributed by atoms with Gasteiger partial charge in [-0.05, 0) is 29.9 Å². The fourth-order valence-electron chi connectivity index (χ4n) is 3.97. The lowest BCUT2D eigenvalue weighted by Crippen LogP contribution is -2.81. The van der Waals surface area contributed by atoms with Crippen molar-refractivity contribution in [1.82, 2.24) is 10.2 Å². The highest BCUT2D eigenvalue weighted by Gasteiger charge is 2.72. The van der Waals surface area contributed by atoms with Gasteiger partial charge in [0.2, 0.25) is 11.4 Å². The van der Waals surface area contributed by atoms with E-state index in [4.69, 9.17) is 5.73 Å². The number of carbonyl (C=O) groups is 3. The van der Waals surface area contributed by atoms with Gasteiger partial charge in [-0.25, -0.2) is 4.79 Å². The second-order valence-corrected chi connectivity index (χ2v) is 9.96. The molecule has 1 aromatic carbocycles. The number of nitrogens with zero attached hydrogens (tertiary/aromatic N) is 1. The van der Waals surface area contributed by atoms with Crippen LogP contribution in [0.15, 0.2) is 30.3 Å². The minimum Gasteiger partial charge on any atom is -0.479 e. The van der Waals surface area contributed by atoms with Crippen molar-refractivity contribution in [1.29, 1.82) is 0 Å².